The number of hydrogen-bond acceptors (Lipinski definition) is 2. The third kappa shape index (κ3) is 1.08. The Morgan fingerprint density at radius 1 is 1.11 bits per heavy atom. The monoisotopic (exact) mass is 238 g/mol. The van der Waals surface area contributed by atoms with Crippen molar-refractivity contribution in [2.75, 3.05) is 13.7 Å². The van der Waals surface area contributed by atoms with Crippen LogP contribution in [0.15, 0.2) is 42.5 Å². The minimum Gasteiger partial charge on any atom is -0.497 e. The molecule has 0 saturated heterocycles. The Kier molecular flexibility index (Phi) is 1.83. The van der Waals surface area contributed by atoms with Crippen LogP contribution in [0.5, 0.6) is 11.5 Å². The molecule has 1 aliphatic heterocycles. The summed E-state index contributed by atoms with van der Waals surface area (Å²) in [4.78, 5) is 0. The predicted molar refractivity (Wildman–Crippen MR) is 69.4 cm³/mol. The Morgan fingerprint density at radius 2 is 2.00 bits per heavy atom. The standard InChI is InChI=1S/C16H14O2/c1-17-12-6-7-13-11(8-12)9-16(13)10-18-15-5-3-2-4-14(15)16/h2-8H,9-10H2,1H3. The Hall–Kier alpha value is -1.96. The molecule has 1 heterocycles. The lowest BCUT2D eigenvalue weighted by Gasteiger charge is -2.40. The minimum absolute atomic E-state index is 0.0954. The van der Waals surface area contributed by atoms with Gasteiger partial charge in [-0.1, -0.05) is 24.3 Å². The van der Waals surface area contributed by atoms with Crippen LogP contribution >= 0.6 is 0 Å². The lowest BCUT2D eigenvalue weighted by molar-refractivity contribution is 0.272. The fourth-order valence-electron chi connectivity index (χ4n) is 3.26. The highest BCUT2D eigenvalue weighted by atomic mass is 16.5. The van der Waals surface area contributed by atoms with Crippen LogP contribution in [-0.4, -0.2) is 13.7 Å². The topological polar surface area (TPSA) is 18.5 Å². The van der Waals surface area contributed by atoms with Crippen LogP contribution in [0.2, 0.25) is 0 Å². The third-order valence-electron chi connectivity index (χ3n) is 4.20. The zero-order chi connectivity index (χ0) is 12.2. The Labute approximate surface area is 106 Å². The minimum atomic E-state index is 0.0954. The first-order chi connectivity index (χ1) is 8.83. The molecule has 0 aromatic heterocycles. The predicted octanol–water partition coefficient (Wildman–Crippen LogP) is 2.93. The van der Waals surface area contributed by atoms with E-state index in [4.69, 9.17) is 9.47 Å². The van der Waals surface area contributed by atoms with Crippen molar-refractivity contribution in [1.82, 2.24) is 0 Å². The second-order valence-corrected chi connectivity index (χ2v) is 5.07. The van der Waals surface area contributed by atoms with Crippen LogP contribution in [0.3, 0.4) is 0 Å². The van der Waals surface area contributed by atoms with Gasteiger partial charge in [-0.3, -0.25) is 0 Å². The molecule has 0 bridgehead atoms. The summed E-state index contributed by atoms with van der Waals surface area (Å²) in [5.74, 6) is 1.98. The number of fused-ring (bicyclic) bond motifs is 4. The number of ether oxygens (including phenoxy) is 2. The normalized spacial score (nSPS) is 22.9. The quantitative estimate of drug-likeness (QED) is 0.760. The molecule has 2 nitrogen and oxygen atoms in total. The number of methoxy groups -OCH3 is 1. The van der Waals surface area contributed by atoms with E-state index in [0.717, 1.165) is 24.5 Å². The summed E-state index contributed by atoms with van der Waals surface area (Å²) in [5.41, 5.74) is 4.21. The van der Waals surface area contributed by atoms with E-state index in [1.165, 1.54) is 16.7 Å². The average Bonchev–Trinajstić information content (AvgIpc) is 2.79. The third-order valence-corrected chi connectivity index (χ3v) is 4.20. The molecule has 1 spiro atoms. The molecule has 2 aliphatic rings. The number of benzene rings is 2. The summed E-state index contributed by atoms with van der Waals surface area (Å²) < 4.78 is 11.1. The zero-order valence-corrected chi connectivity index (χ0v) is 10.3. The highest BCUT2D eigenvalue weighted by Gasteiger charge is 2.49. The molecular weight excluding hydrogens is 224 g/mol. The second kappa shape index (κ2) is 3.29. The molecule has 0 amide bonds. The van der Waals surface area contributed by atoms with Crippen LogP contribution in [-0.2, 0) is 11.8 Å². The van der Waals surface area contributed by atoms with E-state index in [9.17, 15) is 0 Å². The van der Waals surface area contributed by atoms with Gasteiger partial charge in [-0.05, 0) is 35.7 Å². The van der Waals surface area contributed by atoms with Crippen LogP contribution in [0.1, 0.15) is 16.7 Å². The van der Waals surface area contributed by atoms with Crippen LogP contribution in [0, 0.1) is 0 Å². The van der Waals surface area contributed by atoms with Gasteiger partial charge in [0, 0.05) is 5.56 Å². The van der Waals surface area contributed by atoms with E-state index in [2.05, 4.69) is 30.3 Å². The molecule has 1 unspecified atom stereocenters. The first-order valence-electron chi connectivity index (χ1n) is 6.23. The number of rotatable bonds is 1. The van der Waals surface area contributed by atoms with Crippen molar-refractivity contribution in [2.24, 2.45) is 0 Å². The highest BCUT2D eigenvalue weighted by Crippen LogP contribution is 2.53. The second-order valence-electron chi connectivity index (χ2n) is 5.07. The number of hydrogen-bond donors (Lipinski definition) is 0. The summed E-state index contributed by atoms with van der Waals surface area (Å²) in [5, 5.41) is 0. The molecule has 4 rings (SSSR count). The van der Waals surface area contributed by atoms with Crippen molar-refractivity contribution >= 4 is 0 Å². The van der Waals surface area contributed by atoms with Crippen LogP contribution in [0.25, 0.3) is 0 Å². The van der Waals surface area contributed by atoms with Crippen molar-refractivity contribution in [2.45, 2.75) is 11.8 Å². The van der Waals surface area contributed by atoms with Crippen molar-refractivity contribution in [1.29, 1.82) is 0 Å². The van der Waals surface area contributed by atoms with Crippen molar-refractivity contribution < 1.29 is 9.47 Å². The molecule has 18 heavy (non-hydrogen) atoms. The maximum absolute atomic E-state index is 5.84. The summed E-state index contributed by atoms with van der Waals surface area (Å²) in [6, 6.07) is 14.7. The van der Waals surface area contributed by atoms with Gasteiger partial charge < -0.3 is 9.47 Å². The van der Waals surface area contributed by atoms with Crippen molar-refractivity contribution in [3.63, 3.8) is 0 Å². The van der Waals surface area contributed by atoms with Crippen molar-refractivity contribution in [3.8, 4) is 11.5 Å². The van der Waals surface area contributed by atoms with Gasteiger partial charge in [-0.15, -0.1) is 0 Å². The van der Waals surface area contributed by atoms with Crippen LogP contribution in [0.4, 0.5) is 0 Å². The first-order valence-corrected chi connectivity index (χ1v) is 6.23. The first kappa shape index (κ1) is 10.0. The number of para-hydroxylation sites is 1. The van der Waals surface area contributed by atoms with E-state index in [-0.39, 0.29) is 5.41 Å². The van der Waals surface area contributed by atoms with Gasteiger partial charge in [0.2, 0.25) is 0 Å². The molecule has 2 aromatic carbocycles. The Bertz CT molecular complexity index is 633. The van der Waals surface area contributed by atoms with Gasteiger partial charge >= 0.3 is 0 Å². The van der Waals surface area contributed by atoms with E-state index in [1.807, 2.05) is 12.1 Å². The molecule has 0 radical (unpaired) electrons. The van der Waals surface area contributed by atoms with Gasteiger partial charge in [0.15, 0.2) is 0 Å². The fourth-order valence-corrected chi connectivity index (χ4v) is 3.26. The lowest BCUT2D eigenvalue weighted by Crippen LogP contribution is -2.41. The molecule has 2 aromatic rings. The molecule has 2 heteroatoms. The van der Waals surface area contributed by atoms with Gasteiger partial charge in [-0.2, -0.15) is 0 Å². The SMILES string of the molecule is COc1ccc2c(c1)CC21COc2ccccc21. The Morgan fingerprint density at radius 3 is 2.83 bits per heavy atom. The van der Waals surface area contributed by atoms with E-state index < -0.39 is 0 Å². The summed E-state index contributed by atoms with van der Waals surface area (Å²) in [6.07, 6.45) is 1.05. The smallest absolute Gasteiger partial charge is 0.123 e. The summed E-state index contributed by atoms with van der Waals surface area (Å²) >= 11 is 0. The summed E-state index contributed by atoms with van der Waals surface area (Å²) in [7, 11) is 1.71. The maximum Gasteiger partial charge on any atom is 0.123 e. The largest absolute Gasteiger partial charge is 0.497 e. The summed E-state index contributed by atoms with van der Waals surface area (Å²) in [6.45, 7) is 0.770. The molecule has 0 saturated carbocycles. The van der Waals surface area contributed by atoms with Gasteiger partial charge in [-0.25, -0.2) is 0 Å². The van der Waals surface area contributed by atoms with Gasteiger partial charge in [0.05, 0.1) is 12.5 Å². The molecule has 1 aliphatic carbocycles. The van der Waals surface area contributed by atoms with E-state index in [1.54, 1.807) is 7.11 Å². The zero-order valence-electron chi connectivity index (χ0n) is 10.3. The molecule has 1 atom stereocenters. The van der Waals surface area contributed by atoms with Crippen molar-refractivity contribution in [3.05, 3.63) is 59.2 Å². The van der Waals surface area contributed by atoms with Gasteiger partial charge in [0.1, 0.15) is 18.1 Å². The van der Waals surface area contributed by atoms with Gasteiger partial charge in [0.25, 0.3) is 0 Å². The fraction of sp³-hybridized carbons (Fsp3) is 0.250. The average molecular weight is 238 g/mol. The molecule has 0 fully saturated rings. The molecular formula is C16H14O2. The van der Waals surface area contributed by atoms with E-state index in [0.29, 0.717) is 0 Å². The maximum atomic E-state index is 5.84. The lowest BCUT2D eigenvalue weighted by atomic mass is 9.61. The van der Waals surface area contributed by atoms with Crippen LogP contribution < -0.4 is 9.47 Å². The van der Waals surface area contributed by atoms with E-state index >= 15 is 0 Å². The highest BCUT2D eigenvalue weighted by molar-refractivity contribution is 5.61. The molecule has 90 valence electrons. The molecule has 0 N–H and O–H groups in total. The Balaban J connectivity index is 1.85.